The molecular weight excluding hydrogens is 288 g/mol. The highest BCUT2D eigenvalue weighted by Crippen LogP contribution is 2.43. The number of fused-ring (bicyclic) bond motifs is 4. The number of benzene rings is 1. The van der Waals surface area contributed by atoms with E-state index in [0.717, 1.165) is 12.5 Å². The molecule has 0 spiro atoms. The van der Waals surface area contributed by atoms with E-state index in [4.69, 9.17) is 4.98 Å². The van der Waals surface area contributed by atoms with Crippen LogP contribution in [0.4, 0.5) is 0 Å². The molecule has 2 saturated heterocycles. The first kappa shape index (κ1) is 13.3. The normalized spacial score (nSPS) is 27.3. The van der Waals surface area contributed by atoms with Crippen molar-refractivity contribution >= 4 is 11.3 Å². The quantitative estimate of drug-likeness (QED) is 0.660. The summed E-state index contributed by atoms with van der Waals surface area (Å²) in [6.45, 7) is 2.56. The van der Waals surface area contributed by atoms with Crippen molar-refractivity contribution in [3.8, 4) is 11.3 Å². The topological polar surface area (TPSA) is 16.1 Å². The first-order valence-electron chi connectivity index (χ1n) is 8.70. The number of hydrogen-bond donors (Lipinski definition) is 0. The molecule has 0 amide bonds. The Morgan fingerprint density at radius 2 is 2.05 bits per heavy atom. The van der Waals surface area contributed by atoms with Crippen molar-refractivity contribution in [1.82, 2.24) is 9.88 Å². The average Bonchev–Trinajstić information content (AvgIpc) is 3.12. The maximum Gasteiger partial charge on any atom is 0.0979 e. The molecule has 2 atom stereocenters. The van der Waals surface area contributed by atoms with E-state index in [1.54, 1.807) is 0 Å². The van der Waals surface area contributed by atoms with Crippen molar-refractivity contribution in [3.63, 3.8) is 0 Å². The summed E-state index contributed by atoms with van der Waals surface area (Å²) in [6.07, 6.45) is 8.08. The Balaban J connectivity index is 1.42. The van der Waals surface area contributed by atoms with Gasteiger partial charge in [-0.25, -0.2) is 4.98 Å². The Bertz CT molecular complexity index is 705. The van der Waals surface area contributed by atoms with E-state index < -0.39 is 0 Å². The molecule has 114 valence electrons. The van der Waals surface area contributed by atoms with Gasteiger partial charge >= 0.3 is 0 Å². The molecule has 2 nitrogen and oxygen atoms in total. The smallest absolute Gasteiger partial charge is 0.0979 e. The fourth-order valence-electron chi connectivity index (χ4n) is 4.55. The van der Waals surface area contributed by atoms with Crippen LogP contribution < -0.4 is 0 Å². The molecule has 5 rings (SSSR count). The molecule has 2 fully saturated rings. The fraction of sp³-hybridized carbons (Fsp3) is 0.526. The van der Waals surface area contributed by atoms with E-state index in [1.165, 1.54) is 71.9 Å². The van der Waals surface area contributed by atoms with Gasteiger partial charge in [0.2, 0.25) is 0 Å². The van der Waals surface area contributed by atoms with Crippen molar-refractivity contribution in [2.24, 2.45) is 0 Å². The Labute approximate surface area is 136 Å². The molecule has 0 unspecified atom stereocenters. The Kier molecular flexibility index (Phi) is 3.12. The molecule has 0 saturated carbocycles. The van der Waals surface area contributed by atoms with Gasteiger partial charge in [0.1, 0.15) is 0 Å². The Hall–Kier alpha value is -1.19. The van der Waals surface area contributed by atoms with E-state index in [0.29, 0.717) is 5.92 Å². The third-order valence-electron chi connectivity index (χ3n) is 5.74. The predicted octanol–water partition coefficient (Wildman–Crippen LogP) is 4.45. The summed E-state index contributed by atoms with van der Waals surface area (Å²) >= 11 is 1.99. The van der Waals surface area contributed by atoms with Gasteiger partial charge in [-0.1, -0.05) is 30.7 Å². The summed E-state index contributed by atoms with van der Waals surface area (Å²) in [5.74, 6) is 0.678. The molecule has 2 aromatic rings. The first-order valence-corrected chi connectivity index (χ1v) is 9.52. The van der Waals surface area contributed by atoms with Crippen LogP contribution in [0.2, 0.25) is 0 Å². The minimum atomic E-state index is 0.678. The summed E-state index contributed by atoms with van der Waals surface area (Å²) in [4.78, 5) is 9.33. The highest BCUT2D eigenvalue weighted by molar-refractivity contribution is 7.12. The predicted molar refractivity (Wildman–Crippen MR) is 91.5 cm³/mol. The van der Waals surface area contributed by atoms with E-state index >= 15 is 0 Å². The zero-order valence-corrected chi connectivity index (χ0v) is 13.7. The van der Waals surface area contributed by atoms with Gasteiger partial charge < -0.3 is 0 Å². The van der Waals surface area contributed by atoms with E-state index in [9.17, 15) is 0 Å². The van der Waals surface area contributed by atoms with E-state index in [2.05, 4.69) is 29.2 Å². The molecule has 1 aromatic heterocycles. The number of nitrogens with zero attached hydrogens (tertiary/aromatic N) is 2. The van der Waals surface area contributed by atoms with Crippen LogP contribution in [0.5, 0.6) is 0 Å². The second-order valence-corrected chi connectivity index (χ2v) is 8.19. The maximum atomic E-state index is 5.09. The number of rotatable bonds is 1. The highest BCUT2D eigenvalue weighted by atomic mass is 32.1. The van der Waals surface area contributed by atoms with Crippen LogP contribution >= 0.6 is 11.3 Å². The van der Waals surface area contributed by atoms with Gasteiger partial charge in [0, 0.05) is 35.4 Å². The van der Waals surface area contributed by atoms with Crippen LogP contribution in [0, 0.1) is 0 Å². The zero-order valence-electron chi connectivity index (χ0n) is 12.9. The number of piperidine rings is 2. The lowest BCUT2D eigenvalue weighted by molar-refractivity contribution is 0.0959. The van der Waals surface area contributed by atoms with Gasteiger partial charge in [-0.05, 0) is 37.8 Å². The second kappa shape index (κ2) is 5.17. The van der Waals surface area contributed by atoms with Gasteiger partial charge in [0.05, 0.1) is 10.7 Å². The van der Waals surface area contributed by atoms with Crippen molar-refractivity contribution in [3.05, 3.63) is 39.7 Å². The maximum absolute atomic E-state index is 5.09. The van der Waals surface area contributed by atoms with Crippen molar-refractivity contribution in [2.75, 3.05) is 13.1 Å². The zero-order chi connectivity index (χ0) is 14.5. The van der Waals surface area contributed by atoms with Crippen molar-refractivity contribution in [1.29, 1.82) is 0 Å². The number of aromatic nitrogens is 1. The van der Waals surface area contributed by atoms with Crippen molar-refractivity contribution in [2.45, 2.75) is 50.5 Å². The van der Waals surface area contributed by atoms with Gasteiger partial charge in [-0.15, -0.1) is 11.3 Å². The van der Waals surface area contributed by atoms with Gasteiger partial charge in [-0.2, -0.15) is 0 Å². The molecule has 1 aromatic carbocycles. The van der Waals surface area contributed by atoms with Gasteiger partial charge in [0.15, 0.2) is 0 Å². The van der Waals surface area contributed by atoms with Crippen LogP contribution in [0.3, 0.4) is 0 Å². The Morgan fingerprint density at radius 1 is 1.09 bits per heavy atom. The molecule has 3 aliphatic rings. The standard InChI is InChI=1S/C19H22N2S/c1-2-7-16-13(5-1)11-17-18(16)20-19(22-17)14-8-9-15-6-3-4-10-21(15)12-14/h1-2,5,7,14-15H,3-4,6,8-12H2/t14-,15-/m1/s1. The molecule has 0 N–H and O–H groups in total. The third-order valence-corrected chi connectivity index (χ3v) is 6.96. The minimum Gasteiger partial charge on any atom is -0.300 e. The first-order chi connectivity index (χ1) is 10.9. The highest BCUT2D eigenvalue weighted by Gasteiger charge is 2.33. The summed E-state index contributed by atoms with van der Waals surface area (Å²) < 4.78 is 0. The largest absolute Gasteiger partial charge is 0.300 e. The lowest BCUT2D eigenvalue weighted by atomic mass is 9.88. The molecule has 22 heavy (non-hydrogen) atoms. The summed E-state index contributed by atoms with van der Waals surface area (Å²) in [5, 5.41) is 1.41. The average molecular weight is 310 g/mol. The molecule has 1 aliphatic carbocycles. The SMILES string of the molecule is c1ccc2c(c1)Cc1sc([C@@H]3CC[C@H]4CCCCN4C3)nc1-2. The van der Waals surface area contributed by atoms with E-state index in [1.807, 2.05) is 11.3 Å². The van der Waals surface area contributed by atoms with Crippen molar-refractivity contribution < 1.29 is 0 Å². The lowest BCUT2D eigenvalue weighted by Gasteiger charge is -2.42. The van der Waals surface area contributed by atoms with Crippen LogP contribution in [-0.4, -0.2) is 29.0 Å². The molecular formula is C19H22N2S. The fourth-order valence-corrected chi connectivity index (χ4v) is 5.78. The van der Waals surface area contributed by atoms with E-state index in [-0.39, 0.29) is 0 Å². The Morgan fingerprint density at radius 3 is 3.05 bits per heavy atom. The second-order valence-electron chi connectivity index (χ2n) is 7.08. The van der Waals surface area contributed by atoms with Crippen LogP contribution in [0.25, 0.3) is 11.3 Å². The van der Waals surface area contributed by atoms with Crippen LogP contribution in [-0.2, 0) is 6.42 Å². The molecule has 3 heterocycles. The lowest BCUT2D eigenvalue weighted by Crippen LogP contribution is -2.45. The van der Waals surface area contributed by atoms with Crippen LogP contribution in [0.15, 0.2) is 24.3 Å². The molecule has 3 heteroatoms. The number of hydrogen-bond acceptors (Lipinski definition) is 3. The van der Waals surface area contributed by atoms with Gasteiger partial charge in [-0.3, -0.25) is 4.90 Å². The van der Waals surface area contributed by atoms with Gasteiger partial charge in [0.25, 0.3) is 0 Å². The molecule has 2 aliphatic heterocycles. The summed E-state index contributed by atoms with van der Waals surface area (Å²) in [5.41, 5.74) is 4.13. The summed E-state index contributed by atoms with van der Waals surface area (Å²) in [6, 6.07) is 9.66. The van der Waals surface area contributed by atoms with Crippen LogP contribution in [0.1, 0.15) is 53.5 Å². The summed E-state index contributed by atoms with van der Waals surface area (Å²) in [7, 11) is 0. The minimum absolute atomic E-state index is 0.678. The molecule has 0 radical (unpaired) electrons. The monoisotopic (exact) mass is 310 g/mol. The number of thiazole rings is 1. The third kappa shape index (κ3) is 2.06. The molecule has 0 bridgehead atoms.